The standard InChI is InChI=1S/C8H11O2PS2.Zr/c1-2-7-5-3-4-6-8(7)12-13-11(9)10;/h3-6,11H,2H2,1H3,(H,9,10);/p-1. The van der Waals surface area contributed by atoms with Gasteiger partial charge in [0.05, 0.1) is 7.23 Å². The van der Waals surface area contributed by atoms with E-state index in [-0.39, 0.29) is 26.2 Å². The van der Waals surface area contributed by atoms with Crippen LogP contribution in [-0.4, -0.2) is 0 Å². The summed E-state index contributed by atoms with van der Waals surface area (Å²) < 4.78 is 10.4. The number of hydrogen-bond donors (Lipinski definition) is 0. The minimum Gasteiger partial charge on any atom is -0.793 e. The molecular formula is C8H10O2PS2Zr-. The maximum absolute atomic E-state index is 10.4. The minimum atomic E-state index is -2.68. The van der Waals surface area contributed by atoms with Crippen molar-refractivity contribution in [3.8, 4) is 0 Å². The molecule has 14 heavy (non-hydrogen) atoms. The quantitative estimate of drug-likeness (QED) is 0.631. The second kappa shape index (κ2) is 8.18. The molecule has 0 saturated heterocycles. The van der Waals surface area contributed by atoms with Crippen LogP contribution in [-0.2, 0) is 37.2 Å². The monoisotopic (exact) mass is 323 g/mol. The fraction of sp³-hybridized carbons (Fsp3) is 0.250. The molecule has 1 aromatic carbocycles. The van der Waals surface area contributed by atoms with E-state index >= 15 is 0 Å². The maximum atomic E-state index is 10.4. The summed E-state index contributed by atoms with van der Waals surface area (Å²) in [4.78, 5) is 11.4. The molecule has 1 unspecified atom stereocenters. The Kier molecular flexibility index (Phi) is 8.76. The molecule has 1 aromatic rings. The summed E-state index contributed by atoms with van der Waals surface area (Å²) in [6.07, 6.45) is 0.934. The van der Waals surface area contributed by atoms with Crippen LogP contribution in [0.15, 0.2) is 29.2 Å². The van der Waals surface area contributed by atoms with E-state index in [1.54, 1.807) is 0 Å². The smallest absolute Gasteiger partial charge is 0.0666 e. The Morgan fingerprint density at radius 3 is 2.64 bits per heavy atom. The number of aryl methyl sites for hydroxylation is 1. The van der Waals surface area contributed by atoms with Crippen LogP contribution in [0.4, 0.5) is 0 Å². The zero-order chi connectivity index (χ0) is 9.68. The molecule has 0 aliphatic rings. The van der Waals surface area contributed by atoms with Gasteiger partial charge >= 0.3 is 0 Å². The first-order chi connectivity index (χ1) is 6.24. The van der Waals surface area contributed by atoms with Gasteiger partial charge in [-0.2, -0.15) is 0 Å². The summed E-state index contributed by atoms with van der Waals surface area (Å²) >= 11 is 0. The topological polar surface area (TPSA) is 40.1 Å². The van der Waals surface area contributed by atoms with Gasteiger partial charge in [-0.1, -0.05) is 35.9 Å². The van der Waals surface area contributed by atoms with Crippen molar-refractivity contribution in [3.63, 3.8) is 0 Å². The molecule has 0 radical (unpaired) electrons. The first kappa shape index (κ1) is 15.0. The van der Waals surface area contributed by atoms with E-state index in [4.69, 9.17) is 0 Å². The Hall–Kier alpha value is 0.993. The molecule has 0 saturated carbocycles. The van der Waals surface area contributed by atoms with Gasteiger partial charge in [-0.25, -0.2) is 0 Å². The summed E-state index contributed by atoms with van der Waals surface area (Å²) in [5.41, 5.74) is 1.20. The van der Waals surface area contributed by atoms with Crippen LogP contribution in [0.2, 0.25) is 0 Å². The van der Waals surface area contributed by atoms with Crippen molar-refractivity contribution in [2.24, 2.45) is 0 Å². The van der Waals surface area contributed by atoms with E-state index in [2.05, 4.69) is 6.92 Å². The second-order valence-corrected chi connectivity index (χ2v) is 7.15. The van der Waals surface area contributed by atoms with Crippen molar-refractivity contribution in [1.29, 1.82) is 0 Å². The Balaban J connectivity index is 0.00000169. The van der Waals surface area contributed by atoms with Crippen LogP contribution in [0.25, 0.3) is 0 Å². The van der Waals surface area contributed by atoms with Gasteiger partial charge in [0.25, 0.3) is 0 Å². The summed E-state index contributed by atoms with van der Waals surface area (Å²) in [6, 6.07) is 7.85. The van der Waals surface area contributed by atoms with Gasteiger partial charge < -0.3 is 9.46 Å². The summed E-state index contributed by atoms with van der Waals surface area (Å²) in [5.74, 6) is 0. The number of rotatable bonds is 4. The van der Waals surface area contributed by atoms with Gasteiger partial charge in [0.15, 0.2) is 0 Å². The van der Waals surface area contributed by atoms with Crippen LogP contribution in [0, 0.1) is 0 Å². The van der Waals surface area contributed by atoms with E-state index in [0.717, 1.165) is 21.7 Å². The molecule has 0 aliphatic heterocycles. The number of benzene rings is 1. The van der Waals surface area contributed by atoms with Crippen molar-refractivity contribution in [3.05, 3.63) is 29.8 Å². The van der Waals surface area contributed by atoms with Gasteiger partial charge in [0.1, 0.15) is 0 Å². The average Bonchev–Trinajstić information content (AvgIpc) is 2.15. The van der Waals surface area contributed by atoms with Crippen LogP contribution in [0.5, 0.6) is 0 Å². The van der Waals surface area contributed by atoms with Crippen LogP contribution in [0.3, 0.4) is 0 Å². The van der Waals surface area contributed by atoms with Crippen LogP contribution >= 0.6 is 28.4 Å². The first-order valence-corrected chi connectivity index (χ1v) is 8.06. The molecule has 6 heteroatoms. The van der Waals surface area contributed by atoms with Crippen LogP contribution < -0.4 is 4.89 Å². The maximum Gasteiger partial charge on any atom is 0.0666 e. The normalized spacial score (nSPS) is 11.9. The number of hydrogen-bond acceptors (Lipinski definition) is 4. The molecule has 0 fully saturated rings. The Bertz CT molecular complexity index is 309. The Morgan fingerprint density at radius 1 is 1.43 bits per heavy atom. The molecule has 0 amide bonds. The minimum absolute atomic E-state index is 0. The van der Waals surface area contributed by atoms with Gasteiger partial charge in [-0.15, -0.1) is 0 Å². The van der Waals surface area contributed by atoms with Gasteiger partial charge in [-0.3, -0.25) is 0 Å². The Morgan fingerprint density at radius 2 is 2.07 bits per heavy atom. The van der Waals surface area contributed by atoms with Crippen LogP contribution in [0.1, 0.15) is 12.5 Å². The summed E-state index contributed by atoms with van der Waals surface area (Å²) in [7, 11) is -0.439. The SMILES string of the molecule is CCc1ccccc1SS[PH](=O)[O-].[Zr]. The molecule has 0 spiro atoms. The fourth-order valence-electron chi connectivity index (χ4n) is 0.956. The van der Waals surface area contributed by atoms with Crippen molar-refractivity contribution in [2.45, 2.75) is 18.2 Å². The van der Waals surface area contributed by atoms with E-state index in [1.165, 1.54) is 16.4 Å². The van der Waals surface area contributed by atoms with Gasteiger partial charge in [-0.05, 0) is 28.5 Å². The molecular weight excluding hydrogens is 314 g/mol. The first-order valence-electron chi connectivity index (χ1n) is 3.87. The molecule has 1 atom stereocenters. The van der Waals surface area contributed by atoms with E-state index in [1.807, 2.05) is 24.3 Å². The Labute approximate surface area is 111 Å². The molecule has 2 nitrogen and oxygen atoms in total. The molecule has 0 bridgehead atoms. The molecule has 0 aromatic heterocycles. The fourth-order valence-corrected chi connectivity index (χ4v) is 3.95. The zero-order valence-corrected chi connectivity index (χ0v) is 12.7. The second-order valence-electron chi connectivity index (χ2n) is 2.38. The van der Waals surface area contributed by atoms with E-state index in [0.29, 0.717) is 0 Å². The largest absolute Gasteiger partial charge is 0.793 e. The van der Waals surface area contributed by atoms with Gasteiger partial charge in [0, 0.05) is 31.1 Å². The molecule has 0 N–H and O–H groups in total. The zero-order valence-electron chi connectivity index (χ0n) is 7.65. The van der Waals surface area contributed by atoms with E-state index < -0.39 is 7.23 Å². The molecule has 76 valence electrons. The van der Waals surface area contributed by atoms with Gasteiger partial charge in [0.2, 0.25) is 0 Å². The molecule has 0 aliphatic carbocycles. The van der Waals surface area contributed by atoms with Crippen molar-refractivity contribution in [2.75, 3.05) is 0 Å². The predicted molar refractivity (Wildman–Crippen MR) is 58.3 cm³/mol. The molecule has 0 heterocycles. The predicted octanol–water partition coefficient (Wildman–Crippen LogP) is 2.74. The molecule has 1 rings (SSSR count). The summed E-state index contributed by atoms with van der Waals surface area (Å²) in [6.45, 7) is 2.06. The van der Waals surface area contributed by atoms with E-state index in [9.17, 15) is 9.46 Å². The van der Waals surface area contributed by atoms with Crippen molar-refractivity contribution < 1.29 is 35.7 Å². The van der Waals surface area contributed by atoms with Crippen molar-refractivity contribution >= 4 is 28.4 Å². The van der Waals surface area contributed by atoms with Crippen molar-refractivity contribution in [1.82, 2.24) is 0 Å². The average molecular weight is 324 g/mol. The summed E-state index contributed by atoms with van der Waals surface area (Å²) in [5, 5.41) is 0. The third-order valence-electron chi connectivity index (χ3n) is 1.55. The third-order valence-corrected chi connectivity index (χ3v) is 5.52. The third kappa shape index (κ3) is 5.18.